The number of hydrogen-bond acceptors (Lipinski definition) is 2. The zero-order valence-corrected chi connectivity index (χ0v) is 13.7. The number of amides is 2. The molecule has 0 bridgehead atoms. The number of carbonyl (C=O) groups excluding carboxylic acids is 1. The fraction of sp³-hybridized carbons (Fsp3) is 0. The van der Waals surface area contributed by atoms with Gasteiger partial charge in [-0.05, 0) is 36.4 Å². The average molecular weight is 354 g/mol. The van der Waals surface area contributed by atoms with E-state index in [1.807, 2.05) is 48.5 Å². The molecule has 0 saturated carbocycles. The van der Waals surface area contributed by atoms with Crippen molar-refractivity contribution in [3.05, 3.63) is 78.4 Å². The number of anilines is 3. The van der Waals surface area contributed by atoms with Crippen LogP contribution >= 0.6 is 11.8 Å². The molecular formula is C19H12F2N2OS. The van der Waals surface area contributed by atoms with E-state index in [-0.39, 0.29) is 5.69 Å². The Labute approximate surface area is 147 Å². The number of fused-ring (bicyclic) bond motifs is 2. The van der Waals surface area contributed by atoms with Gasteiger partial charge in [-0.15, -0.1) is 0 Å². The quantitative estimate of drug-likeness (QED) is 0.599. The Kier molecular flexibility index (Phi) is 3.89. The Morgan fingerprint density at radius 2 is 1.44 bits per heavy atom. The van der Waals surface area contributed by atoms with E-state index in [0.29, 0.717) is 0 Å². The van der Waals surface area contributed by atoms with Crippen LogP contribution in [0.5, 0.6) is 0 Å². The summed E-state index contributed by atoms with van der Waals surface area (Å²) in [7, 11) is 0. The van der Waals surface area contributed by atoms with Crippen molar-refractivity contribution in [3.8, 4) is 0 Å². The molecule has 6 heteroatoms. The third kappa shape index (κ3) is 2.85. The van der Waals surface area contributed by atoms with Crippen molar-refractivity contribution in [2.45, 2.75) is 9.79 Å². The van der Waals surface area contributed by atoms with Gasteiger partial charge in [-0.3, -0.25) is 4.90 Å². The first-order valence-corrected chi connectivity index (χ1v) is 8.37. The second-order valence-electron chi connectivity index (χ2n) is 5.43. The number of carbonyl (C=O) groups is 1. The van der Waals surface area contributed by atoms with E-state index in [0.717, 1.165) is 33.3 Å². The van der Waals surface area contributed by atoms with Gasteiger partial charge in [-0.25, -0.2) is 13.6 Å². The van der Waals surface area contributed by atoms with Crippen molar-refractivity contribution >= 4 is 34.9 Å². The minimum atomic E-state index is -1.01. The molecule has 1 aliphatic rings. The van der Waals surface area contributed by atoms with Crippen LogP contribution in [0, 0.1) is 11.6 Å². The number of nitrogens with one attached hydrogen (secondary N) is 1. The molecule has 4 rings (SSSR count). The molecule has 1 aliphatic heterocycles. The Bertz CT molecular complexity index is 932. The highest BCUT2D eigenvalue weighted by atomic mass is 32.2. The lowest BCUT2D eigenvalue weighted by molar-refractivity contribution is 0.258. The van der Waals surface area contributed by atoms with E-state index >= 15 is 0 Å². The van der Waals surface area contributed by atoms with Gasteiger partial charge >= 0.3 is 6.03 Å². The molecule has 25 heavy (non-hydrogen) atoms. The lowest BCUT2D eigenvalue weighted by Crippen LogP contribution is -2.32. The summed E-state index contributed by atoms with van der Waals surface area (Å²) in [4.78, 5) is 16.3. The third-order valence-electron chi connectivity index (χ3n) is 3.81. The molecule has 124 valence electrons. The molecule has 0 unspecified atom stereocenters. The molecule has 0 spiro atoms. The van der Waals surface area contributed by atoms with Gasteiger partial charge in [0.05, 0.1) is 11.4 Å². The zero-order valence-electron chi connectivity index (χ0n) is 12.9. The molecular weight excluding hydrogens is 342 g/mol. The first-order valence-electron chi connectivity index (χ1n) is 7.55. The van der Waals surface area contributed by atoms with Gasteiger partial charge in [0.1, 0.15) is 0 Å². The molecule has 1 heterocycles. The summed E-state index contributed by atoms with van der Waals surface area (Å²) in [6.45, 7) is 0. The van der Waals surface area contributed by atoms with Crippen LogP contribution in [0.3, 0.4) is 0 Å². The summed E-state index contributed by atoms with van der Waals surface area (Å²) >= 11 is 1.58. The summed E-state index contributed by atoms with van der Waals surface area (Å²) in [6, 6.07) is 17.9. The molecule has 0 fully saturated rings. The minimum absolute atomic E-state index is 0.192. The monoisotopic (exact) mass is 354 g/mol. The molecule has 0 aliphatic carbocycles. The van der Waals surface area contributed by atoms with Crippen molar-refractivity contribution < 1.29 is 13.6 Å². The van der Waals surface area contributed by atoms with Gasteiger partial charge < -0.3 is 5.32 Å². The van der Waals surface area contributed by atoms with Crippen molar-refractivity contribution in [2.75, 3.05) is 10.2 Å². The van der Waals surface area contributed by atoms with Gasteiger partial charge in [-0.2, -0.15) is 0 Å². The number of rotatable bonds is 1. The van der Waals surface area contributed by atoms with Crippen molar-refractivity contribution in [3.63, 3.8) is 0 Å². The molecule has 3 aromatic carbocycles. The van der Waals surface area contributed by atoms with Gasteiger partial charge in [0.25, 0.3) is 0 Å². The molecule has 3 nitrogen and oxygen atoms in total. The van der Waals surface area contributed by atoms with Crippen LogP contribution in [0.15, 0.2) is 76.5 Å². The van der Waals surface area contributed by atoms with E-state index < -0.39 is 17.7 Å². The minimum Gasteiger partial charge on any atom is -0.307 e. The highest BCUT2D eigenvalue weighted by Gasteiger charge is 2.28. The molecule has 0 atom stereocenters. The summed E-state index contributed by atoms with van der Waals surface area (Å²) in [6.07, 6.45) is 0. The van der Waals surface area contributed by atoms with Crippen molar-refractivity contribution in [2.24, 2.45) is 0 Å². The number of hydrogen-bond donors (Lipinski definition) is 1. The van der Waals surface area contributed by atoms with Gasteiger partial charge in [0.15, 0.2) is 11.6 Å². The van der Waals surface area contributed by atoms with Gasteiger partial charge in [0.2, 0.25) is 0 Å². The van der Waals surface area contributed by atoms with Crippen LogP contribution in [0.2, 0.25) is 0 Å². The van der Waals surface area contributed by atoms with E-state index in [2.05, 4.69) is 5.32 Å². The van der Waals surface area contributed by atoms with Crippen LogP contribution in [0.25, 0.3) is 0 Å². The topological polar surface area (TPSA) is 32.3 Å². The lowest BCUT2D eigenvalue weighted by atomic mass is 10.2. The fourth-order valence-corrected chi connectivity index (χ4v) is 3.73. The van der Waals surface area contributed by atoms with E-state index in [4.69, 9.17) is 0 Å². The van der Waals surface area contributed by atoms with Crippen LogP contribution in [-0.4, -0.2) is 6.03 Å². The Hall–Kier alpha value is -2.86. The summed E-state index contributed by atoms with van der Waals surface area (Å²) < 4.78 is 26.5. The zero-order chi connectivity index (χ0) is 17.4. The summed E-state index contributed by atoms with van der Waals surface area (Å²) in [5, 5.41) is 2.63. The predicted octanol–water partition coefficient (Wildman–Crippen LogP) is 5.80. The molecule has 1 N–H and O–H groups in total. The number of nitrogens with zero attached hydrogens (tertiary/aromatic N) is 1. The number of halogens is 2. The molecule has 0 radical (unpaired) electrons. The predicted molar refractivity (Wildman–Crippen MR) is 94.5 cm³/mol. The second-order valence-corrected chi connectivity index (χ2v) is 6.52. The highest BCUT2D eigenvalue weighted by Crippen LogP contribution is 2.47. The maximum Gasteiger partial charge on any atom is 0.331 e. The van der Waals surface area contributed by atoms with Crippen LogP contribution < -0.4 is 10.2 Å². The first kappa shape index (κ1) is 15.7. The fourth-order valence-electron chi connectivity index (χ4n) is 2.68. The van der Waals surface area contributed by atoms with Crippen LogP contribution in [-0.2, 0) is 0 Å². The first-order chi connectivity index (χ1) is 12.1. The molecule has 3 aromatic rings. The number of urea groups is 1. The second kappa shape index (κ2) is 6.22. The largest absolute Gasteiger partial charge is 0.331 e. The average Bonchev–Trinajstić information content (AvgIpc) is 2.62. The highest BCUT2D eigenvalue weighted by molar-refractivity contribution is 7.99. The van der Waals surface area contributed by atoms with Gasteiger partial charge in [0, 0.05) is 21.5 Å². The molecule has 0 saturated heterocycles. The number of benzene rings is 3. The van der Waals surface area contributed by atoms with Gasteiger partial charge in [-0.1, -0.05) is 36.0 Å². The third-order valence-corrected chi connectivity index (χ3v) is 4.94. The maximum absolute atomic E-state index is 13.4. The Morgan fingerprint density at radius 3 is 2.04 bits per heavy atom. The standard InChI is InChI=1S/C19H12F2N2OS/c20-13-10-9-12(11-14(13)21)22-19(24)23-15-5-1-3-7-17(15)25-18-8-4-2-6-16(18)23/h1-11H,(H,22,24). The lowest BCUT2D eigenvalue weighted by Gasteiger charge is -2.31. The SMILES string of the molecule is O=C(Nc1ccc(F)c(F)c1)N1c2ccccc2Sc2ccccc21. The van der Waals surface area contributed by atoms with E-state index in [1.54, 1.807) is 16.7 Å². The van der Waals surface area contributed by atoms with Crippen molar-refractivity contribution in [1.29, 1.82) is 0 Å². The normalized spacial score (nSPS) is 12.3. The summed E-state index contributed by atoms with van der Waals surface area (Å²) in [5.41, 5.74) is 1.68. The molecule has 0 aromatic heterocycles. The molecule has 2 amide bonds. The maximum atomic E-state index is 13.4. The van der Waals surface area contributed by atoms with E-state index in [9.17, 15) is 13.6 Å². The van der Waals surface area contributed by atoms with Crippen LogP contribution in [0.1, 0.15) is 0 Å². The summed E-state index contributed by atoms with van der Waals surface area (Å²) in [5.74, 6) is -1.96. The number of para-hydroxylation sites is 2. The van der Waals surface area contributed by atoms with E-state index in [1.165, 1.54) is 6.07 Å². The Morgan fingerprint density at radius 1 is 0.840 bits per heavy atom. The van der Waals surface area contributed by atoms with Crippen LogP contribution in [0.4, 0.5) is 30.6 Å². The smallest absolute Gasteiger partial charge is 0.307 e. The Balaban J connectivity index is 1.73. The van der Waals surface area contributed by atoms with Crippen molar-refractivity contribution in [1.82, 2.24) is 0 Å².